The van der Waals surface area contributed by atoms with Gasteiger partial charge in [-0.2, -0.15) is 0 Å². The highest BCUT2D eigenvalue weighted by atomic mass is 79.9. The first kappa shape index (κ1) is 19.4. The van der Waals surface area contributed by atoms with Crippen molar-refractivity contribution in [3.8, 4) is 0 Å². The minimum Gasteiger partial charge on any atom is -0.347 e. The molecule has 0 spiro atoms. The van der Waals surface area contributed by atoms with Crippen LogP contribution in [0.15, 0.2) is 89.6 Å². The summed E-state index contributed by atoms with van der Waals surface area (Å²) in [6.45, 7) is 3.88. The molecule has 0 bridgehead atoms. The molecule has 0 saturated heterocycles. The third kappa shape index (κ3) is 6.18. The monoisotopic (exact) mass is 410 g/mol. The first-order valence-electron chi connectivity index (χ1n) is 7.99. The van der Waals surface area contributed by atoms with Crippen molar-refractivity contribution in [3.05, 3.63) is 101 Å². The van der Waals surface area contributed by atoms with Crippen LogP contribution in [-0.2, 0) is 4.79 Å². The first-order chi connectivity index (χ1) is 12.6. The molecular weight excluding hydrogens is 392 g/mol. The molecule has 0 radical (unpaired) electrons. The van der Waals surface area contributed by atoms with Crippen molar-refractivity contribution in [2.45, 2.75) is 0 Å². The van der Waals surface area contributed by atoms with E-state index in [2.05, 4.69) is 33.1 Å². The molecular formula is C21H19BrN2O2. The molecule has 0 aliphatic heterocycles. The summed E-state index contributed by atoms with van der Waals surface area (Å²) < 4.78 is 0.788. The van der Waals surface area contributed by atoms with Gasteiger partial charge in [-0.25, -0.2) is 0 Å². The highest BCUT2D eigenvalue weighted by molar-refractivity contribution is 9.10. The second-order valence-electron chi connectivity index (χ2n) is 5.31. The predicted octanol–water partition coefficient (Wildman–Crippen LogP) is 4.08. The molecule has 2 aromatic rings. The molecule has 2 rings (SSSR count). The van der Waals surface area contributed by atoms with Gasteiger partial charge in [0.1, 0.15) is 5.70 Å². The second kappa shape index (κ2) is 10.2. The topological polar surface area (TPSA) is 58.2 Å². The second-order valence-corrected chi connectivity index (χ2v) is 6.23. The summed E-state index contributed by atoms with van der Waals surface area (Å²) in [5.74, 6) is -0.745. The van der Waals surface area contributed by atoms with Gasteiger partial charge in [0, 0.05) is 16.6 Å². The Morgan fingerprint density at radius 3 is 2.54 bits per heavy atom. The van der Waals surface area contributed by atoms with Crippen LogP contribution >= 0.6 is 15.9 Å². The summed E-state index contributed by atoms with van der Waals surface area (Å²) in [6, 6.07) is 16.6. The third-order valence-corrected chi connectivity index (χ3v) is 3.83. The average Bonchev–Trinajstić information content (AvgIpc) is 2.66. The zero-order valence-corrected chi connectivity index (χ0v) is 15.7. The van der Waals surface area contributed by atoms with Gasteiger partial charge in [0.2, 0.25) is 0 Å². The van der Waals surface area contributed by atoms with Gasteiger partial charge >= 0.3 is 0 Å². The van der Waals surface area contributed by atoms with E-state index in [0.29, 0.717) is 12.1 Å². The fraction of sp³-hybridized carbons (Fsp3) is 0.0476. The number of halogens is 1. The quantitative estimate of drug-likeness (QED) is 0.410. The molecule has 0 aliphatic carbocycles. The largest absolute Gasteiger partial charge is 0.347 e. The lowest BCUT2D eigenvalue weighted by atomic mass is 10.2. The molecule has 5 heteroatoms. The van der Waals surface area contributed by atoms with Crippen LogP contribution in [0.5, 0.6) is 0 Å². The number of amides is 2. The van der Waals surface area contributed by atoms with E-state index in [1.807, 2.05) is 42.5 Å². The van der Waals surface area contributed by atoms with E-state index in [1.165, 1.54) is 0 Å². The molecule has 132 valence electrons. The van der Waals surface area contributed by atoms with E-state index < -0.39 is 0 Å². The van der Waals surface area contributed by atoms with Crippen LogP contribution in [0, 0.1) is 0 Å². The summed E-state index contributed by atoms with van der Waals surface area (Å²) in [4.78, 5) is 24.7. The lowest BCUT2D eigenvalue weighted by Gasteiger charge is -2.09. The number of benzene rings is 2. The number of carbonyl (C=O) groups is 2. The molecule has 0 aromatic heterocycles. The van der Waals surface area contributed by atoms with Gasteiger partial charge in [0.05, 0.1) is 0 Å². The first-order valence-corrected chi connectivity index (χ1v) is 8.79. The lowest BCUT2D eigenvalue weighted by Crippen LogP contribution is -2.35. The molecule has 0 atom stereocenters. The molecule has 2 amide bonds. The Balaban J connectivity index is 2.18. The van der Waals surface area contributed by atoms with Crippen LogP contribution in [0.2, 0.25) is 0 Å². The molecule has 2 aromatic carbocycles. The Kier molecular flexibility index (Phi) is 7.58. The van der Waals surface area contributed by atoms with E-state index >= 15 is 0 Å². The Labute approximate surface area is 161 Å². The van der Waals surface area contributed by atoms with Gasteiger partial charge in [-0.3, -0.25) is 9.59 Å². The van der Waals surface area contributed by atoms with E-state index in [4.69, 9.17) is 0 Å². The Hall–Kier alpha value is -2.92. The van der Waals surface area contributed by atoms with Crippen LogP contribution in [0.4, 0.5) is 0 Å². The standard InChI is InChI=1S/C21H19BrN2O2/c1-2-14-23-21(26)19(13-6-10-16-8-4-3-5-9-16)24-20(25)17-11-7-12-18(22)15-17/h2-13,15H,1,14H2,(H,23,26)(H,24,25)/b10-6-,19-13+. The molecule has 0 saturated carbocycles. The third-order valence-electron chi connectivity index (χ3n) is 3.34. The Morgan fingerprint density at radius 1 is 1.08 bits per heavy atom. The lowest BCUT2D eigenvalue weighted by molar-refractivity contribution is -0.117. The minimum absolute atomic E-state index is 0.156. The maximum atomic E-state index is 12.4. The maximum Gasteiger partial charge on any atom is 0.268 e. The predicted molar refractivity (Wildman–Crippen MR) is 108 cm³/mol. The molecule has 2 N–H and O–H groups in total. The van der Waals surface area contributed by atoms with Crippen molar-refractivity contribution in [3.63, 3.8) is 0 Å². The summed E-state index contributed by atoms with van der Waals surface area (Å²) in [7, 11) is 0. The SMILES string of the molecule is C=CCNC(=O)/C(=C\C=C/c1ccccc1)NC(=O)c1cccc(Br)c1. The molecule has 0 aliphatic rings. The summed E-state index contributed by atoms with van der Waals surface area (Å²) >= 11 is 3.33. The normalized spacial score (nSPS) is 11.2. The van der Waals surface area contributed by atoms with Gasteiger partial charge in [0.25, 0.3) is 11.8 Å². The van der Waals surface area contributed by atoms with Crippen molar-refractivity contribution in [2.24, 2.45) is 0 Å². The summed E-state index contributed by atoms with van der Waals surface area (Å²) in [6.07, 6.45) is 6.72. The molecule has 0 heterocycles. The van der Waals surface area contributed by atoms with Gasteiger partial charge in [-0.05, 0) is 29.8 Å². The van der Waals surface area contributed by atoms with Crippen molar-refractivity contribution < 1.29 is 9.59 Å². The van der Waals surface area contributed by atoms with E-state index in [-0.39, 0.29) is 17.5 Å². The van der Waals surface area contributed by atoms with Gasteiger partial charge < -0.3 is 10.6 Å². The number of rotatable bonds is 7. The van der Waals surface area contributed by atoms with Crippen LogP contribution in [0.1, 0.15) is 15.9 Å². The van der Waals surface area contributed by atoms with E-state index in [9.17, 15) is 9.59 Å². The molecule has 0 fully saturated rings. The van der Waals surface area contributed by atoms with Gasteiger partial charge in [0.15, 0.2) is 0 Å². The Morgan fingerprint density at radius 2 is 1.85 bits per heavy atom. The fourth-order valence-electron chi connectivity index (χ4n) is 2.08. The highest BCUT2D eigenvalue weighted by Crippen LogP contribution is 2.12. The molecule has 26 heavy (non-hydrogen) atoms. The minimum atomic E-state index is -0.383. The number of nitrogens with one attached hydrogen (secondary N) is 2. The van der Waals surface area contributed by atoms with Crippen molar-refractivity contribution in [1.29, 1.82) is 0 Å². The number of hydrogen-bond donors (Lipinski definition) is 2. The fourth-order valence-corrected chi connectivity index (χ4v) is 2.48. The number of hydrogen-bond acceptors (Lipinski definition) is 2. The van der Waals surface area contributed by atoms with Crippen molar-refractivity contribution in [2.75, 3.05) is 6.54 Å². The Bertz CT molecular complexity index is 842. The van der Waals surface area contributed by atoms with Crippen LogP contribution < -0.4 is 10.6 Å². The van der Waals surface area contributed by atoms with Crippen LogP contribution in [0.3, 0.4) is 0 Å². The maximum absolute atomic E-state index is 12.4. The smallest absolute Gasteiger partial charge is 0.268 e. The average molecular weight is 411 g/mol. The highest BCUT2D eigenvalue weighted by Gasteiger charge is 2.13. The number of allylic oxidation sites excluding steroid dienone is 2. The van der Waals surface area contributed by atoms with Crippen LogP contribution in [0.25, 0.3) is 6.08 Å². The zero-order chi connectivity index (χ0) is 18.8. The molecule has 0 unspecified atom stereocenters. The van der Waals surface area contributed by atoms with Crippen molar-refractivity contribution in [1.82, 2.24) is 10.6 Å². The van der Waals surface area contributed by atoms with E-state index in [0.717, 1.165) is 10.0 Å². The van der Waals surface area contributed by atoms with Crippen molar-refractivity contribution >= 4 is 33.8 Å². The van der Waals surface area contributed by atoms with E-state index in [1.54, 1.807) is 36.4 Å². The van der Waals surface area contributed by atoms with Gasteiger partial charge in [-0.1, -0.05) is 70.6 Å². The molecule has 4 nitrogen and oxygen atoms in total. The summed E-state index contributed by atoms with van der Waals surface area (Å²) in [5.41, 5.74) is 1.60. The van der Waals surface area contributed by atoms with Crippen LogP contribution in [-0.4, -0.2) is 18.4 Å². The zero-order valence-electron chi connectivity index (χ0n) is 14.1. The summed E-state index contributed by atoms with van der Waals surface area (Å²) in [5, 5.41) is 5.33. The number of carbonyl (C=O) groups excluding carboxylic acids is 2. The van der Waals surface area contributed by atoms with Gasteiger partial charge in [-0.15, -0.1) is 6.58 Å².